The summed E-state index contributed by atoms with van der Waals surface area (Å²) in [6.07, 6.45) is 0. The Morgan fingerprint density at radius 1 is 0.926 bits per heavy atom. The molecule has 2 N–H and O–H groups in total. The van der Waals surface area contributed by atoms with E-state index in [0.29, 0.717) is 22.0 Å². The van der Waals surface area contributed by atoms with Crippen molar-refractivity contribution >= 4 is 38.4 Å². The summed E-state index contributed by atoms with van der Waals surface area (Å²) in [5, 5.41) is 0.710. The minimum absolute atomic E-state index is 0.00211. The summed E-state index contributed by atoms with van der Waals surface area (Å²) in [6.45, 7) is 0.00211. The van der Waals surface area contributed by atoms with E-state index in [1.54, 1.807) is 42.5 Å². The summed E-state index contributed by atoms with van der Waals surface area (Å²) in [5.74, 6) is -1.13. The van der Waals surface area contributed by atoms with Gasteiger partial charge in [-0.25, -0.2) is 8.42 Å². The van der Waals surface area contributed by atoms with Crippen LogP contribution in [-0.2, 0) is 16.7 Å². The SMILES string of the molecule is Nc1ccc(CN2C(=O)c3cccc4cc(S(=O)(=O)[O-])cc(c34)C2=O)cc1. The average molecular weight is 381 g/mol. The second-order valence-corrected chi connectivity index (χ2v) is 7.65. The van der Waals surface area contributed by atoms with E-state index in [2.05, 4.69) is 0 Å². The van der Waals surface area contributed by atoms with E-state index in [-0.39, 0.29) is 17.7 Å². The zero-order valence-electron chi connectivity index (χ0n) is 13.9. The Bertz CT molecular complexity index is 1220. The lowest BCUT2D eigenvalue weighted by molar-refractivity contribution is 0.0598. The molecule has 0 atom stereocenters. The van der Waals surface area contributed by atoms with Crippen molar-refractivity contribution in [3.05, 3.63) is 71.3 Å². The molecule has 1 aliphatic rings. The first-order chi connectivity index (χ1) is 12.8. The standard InChI is InChI=1S/C19H14N2O5S/c20-13-6-4-11(5-7-13)10-21-18(22)15-3-1-2-12-8-14(27(24,25)26)9-16(17(12)15)19(21)23/h1-9H,10,20H2,(H,24,25,26)/p-1. The van der Waals surface area contributed by atoms with Crippen LogP contribution in [-0.4, -0.2) is 29.7 Å². The molecule has 3 aromatic rings. The molecule has 0 saturated carbocycles. The van der Waals surface area contributed by atoms with Gasteiger partial charge in [0.05, 0.1) is 11.4 Å². The van der Waals surface area contributed by atoms with Crippen LogP contribution in [0.25, 0.3) is 10.8 Å². The fraction of sp³-hybridized carbons (Fsp3) is 0.0526. The molecule has 0 radical (unpaired) electrons. The minimum atomic E-state index is -4.75. The first-order valence-corrected chi connectivity index (χ1v) is 9.40. The molecule has 3 aromatic carbocycles. The predicted octanol–water partition coefficient (Wildman–Crippen LogP) is 2.12. The molecule has 0 aromatic heterocycles. The largest absolute Gasteiger partial charge is 0.744 e. The molecular weight excluding hydrogens is 368 g/mol. The molecule has 8 heteroatoms. The van der Waals surface area contributed by atoms with Gasteiger partial charge >= 0.3 is 0 Å². The normalized spacial score (nSPS) is 14.0. The number of nitrogens with zero attached hydrogens (tertiary/aromatic N) is 1. The number of nitrogen functional groups attached to an aromatic ring is 1. The fourth-order valence-electron chi connectivity index (χ4n) is 3.22. The van der Waals surface area contributed by atoms with Crippen molar-refractivity contribution in [1.29, 1.82) is 0 Å². The van der Waals surface area contributed by atoms with Crippen molar-refractivity contribution in [2.24, 2.45) is 0 Å². The third-order valence-electron chi connectivity index (χ3n) is 4.51. The molecule has 1 heterocycles. The Balaban J connectivity index is 1.88. The molecule has 0 spiro atoms. The van der Waals surface area contributed by atoms with Crippen LogP contribution in [0.2, 0.25) is 0 Å². The number of benzene rings is 3. The van der Waals surface area contributed by atoms with Crippen molar-refractivity contribution in [1.82, 2.24) is 4.90 Å². The Morgan fingerprint density at radius 2 is 1.59 bits per heavy atom. The smallest absolute Gasteiger partial charge is 0.261 e. The number of nitrogens with two attached hydrogens (primary N) is 1. The second kappa shape index (κ2) is 5.90. The van der Waals surface area contributed by atoms with Gasteiger partial charge in [0, 0.05) is 22.2 Å². The molecule has 4 rings (SSSR count). The monoisotopic (exact) mass is 381 g/mol. The number of carbonyl (C=O) groups is 2. The van der Waals surface area contributed by atoms with E-state index < -0.39 is 26.8 Å². The van der Waals surface area contributed by atoms with Crippen LogP contribution in [0.5, 0.6) is 0 Å². The number of rotatable bonds is 3. The van der Waals surface area contributed by atoms with Crippen LogP contribution < -0.4 is 5.73 Å². The molecule has 0 fully saturated rings. The van der Waals surface area contributed by atoms with Gasteiger partial charge in [0.25, 0.3) is 11.8 Å². The molecule has 0 saturated heterocycles. The van der Waals surface area contributed by atoms with Crippen LogP contribution in [0.4, 0.5) is 5.69 Å². The molecule has 27 heavy (non-hydrogen) atoms. The highest BCUT2D eigenvalue weighted by Gasteiger charge is 2.33. The lowest BCUT2D eigenvalue weighted by Crippen LogP contribution is -2.39. The summed E-state index contributed by atoms with van der Waals surface area (Å²) < 4.78 is 34.4. The summed E-state index contributed by atoms with van der Waals surface area (Å²) >= 11 is 0. The number of carbonyl (C=O) groups excluding carboxylic acids is 2. The maximum Gasteiger partial charge on any atom is 0.261 e. The van der Waals surface area contributed by atoms with Gasteiger partial charge in [0.2, 0.25) is 0 Å². The van der Waals surface area contributed by atoms with Crippen molar-refractivity contribution in [2.75, 3.05) is 5.73 Å². The lowest BCUT2D eigenvalue weighted by atomic mass is 9.94. The van der Waals surface area contributed by atoms with Gasteiger partial charge < -0.3 is 10.3 Å². The van der Waals surface area contributed by atoms with Crippen molar-refractivity contribution < 1.29 is 22.6 Å². The molecule has 0 bridgehead atoms. The number of anilines is 1. The van der Waals surface area contributed by atoms with Crippen LogP contribution in [0.15, 0.2) is 59.5 Å². The van der Waals surface area contributed by atoms with Gasteiger partial charge in [-0.3, -0.25) is 14.5 Å². The fourth-order valence-corrected chi connectivity index (χ4v) is 3.76. The number of hydrogen-bond acceptors (Lipinski definition) is 6. The zero-order chi connectivity index (χ0) is 19.3. The van der Waals surface area contributed by atoms with Gasteiger partial charge in [0.1, 0.15) is 10.1 Å². The quantitative estimate of drug-likeness (QED) is 0.421. The molecule has 136 valence electrons. The molecule has 1 aliphatic heterocycles. The average Bonchev–Trinajstić information content (AvgIpc) is 2.63. The number of amides is 2. The van der Waals surface area contributed by atoms with E-state index in [4.69, 9.17) is 5.73 Å². The van der Waals surface area contributed by atoms with Gasteiger partial charge in [-0.1, -0.05) is 24.3 Å². The van der Waals surface area contributed by atoms with Crippen LogP contribution >= 0.6 is 0 Å². The van der Waals surface area contributed by atoms with Crippen LogP contribution in [0.1, 0.15) is 26.3 Å². The molecule has 7 nitrogen and oxygen atoms in total. The number of hydrogen-bond donors (Lipinski definition) is 1. The molecule has 0 unspecified atom stereocenters. The molecule has 0 aliphatic carbocycles. The van der Waals surface area contributed by atoms with E-state index in [0.717, 1.165) is 11.0 Å². The topological polar surface area (TPSA) is 121 Å². The van der Waals surface area contributed by atoms with Gasteiger partial charge in [-0.2, -0.15) is 0 Å². The summed E-state index contributed by atoms with van der Waals surface area (Å²) in [4.78, 5) is 26.3. The first kappa shape index (κ1) is 17.2. The second-order valence-electron chi connectivity index (χ2n) is 6.27. The van der Waals surface area contributed by atoms with Gasteiger partial charge in [-0.05, 0) is 41.3 Å². The highest BCUT2D eigenvalue weighted by atomic mass is 32.2. The summed E-state index contributed by atoms with van der Waals surface area (Å²) in [7, 11) is -4.75. The Labute approximate surface area is 154 Å². The maximum absolute atomic E-state index is 12.9. The van der Waals surface area contributed by atoms with E-state index in [1.807, 2.05) is 0 Å². The molecule has 2 amide bonds. The van der Waals surface area contributed by atoms with Crippen molar-refractivity contribution in [2.45, 2.75) is 11.4 Å². The number of imide groups is 1. The highest BCUT2D eigenvalue weighted by Crippen LogP contribution is 2.33. The third-order valence-corrected chi connectivity index (χ3v) is 5.32. The van der Waals surface area contributed by atoms with Crippen LogP contribution in [0, 0.1) is 0 Å². The Kier molecular flexibility index (Phi) is 3.76. The summed E-state index contributed by atoms with van der Waals surface area (Å²) in [5.41, 5.74) is 7.20. The van der Waals surface area contributed by atoms with Gasteiger partial charge in [-0.15, -0.1) is 0 Å². The van der Waals surface area contributed by atoms with Crippen molar-refractivity contribution in [3.8, 4) is 0 Å². The van der Waals surface area contributed by atoms with E-state index >= 15 is 0 Å². The molecular formula is C19H13N2O5S-. The highest BCUT2D eigenvalue weighted by molar-refractivity contribution is 7.85. The lowest BCUT2D eigenvalue weighted by Gasteiger charge is -2.28. The predicted molar refractivity (Wildman–Crippen MR) is 97.0 cm³/mol. The minimum Gasteiger partial charge on any atom is -0.744 e. The first-order valence-electron chi connectivity index (χ1n) is 7.99. The Morgan fingerprint density at radius 3 is 2.26 bits per heavy atom. The maximum atomic E-state index is 12.9. The summed E-state index contributed by atoms with van der Waals surface area (Å²) in [6, 6.07) is 13.7. The van der Waals surface area contributed by atoms with E-state index in [1.165, 1.54) is 6.07 Å². The third kappa shape index (κ3) is 2.84. The van der Waals surface area contributed by atoms with Crippen LogP contribution in [0.3, 0.4) is 0 Å². The van der Waals surface area contributed by atoms with Gasteiger partial charge in [0.15, 0.2) is 0 Å². The zero-order valence-corrected chi connectivity index (χ0v) is 14.7. The van der Waals surface area contributed by atoms with E-state index in [9.17, 15) is 22.6 Å². The Hall–Kier alpha value is -3.23. The van der Waals surface area contributed by atoms with Crippen molar-refractivity contribution in [3.63, 3.8) is 0 Å².